The smallest absolute Gasteiger partial charge is 0.309 e. The third-order valence-electron chi connectivity index (χ3n) is 3.27. The van der Waals surface area contributed by atoms with E-state index in [4.69, 9.17) is 0 Å². The van der Waals surface area contributed by atoms with Crippen molar-refractivity contribution in [3.8, 4) is 0 Å². The van der Waals surface area contributed by atoms with Crippen LogP contribution in [0.2, 0.25) is 0 Å². The first-order valence-corrected chi connectivity index (χ1v) is 9.31. The van der Waals surface area contributed by atoms with Crippen molar-refractivity contribution in [3.63, 3.8) is 0 Å². The minimum Gasteiger partial charge on any atom is -0.351 e. The molecule has 1 atom stereocenters. The number of hydrogen-bond donors (Lipinski definition) is 2. The fourth-order valence-corrected chi connectivity index (χ4v) is 4.90. The molecule has 1 aromatic heterocycles. The Morgan fingerprint density at radius 3 is 2.38 bits per heavy atom. The fraction of sp³-hybridized carbons (Fsp3) is 0.200. The van der Waals surface area contributed by atoms with E-state index >= 15 is 0 Å². The summed E-state index contributed by atoms with van der Waals surface area (Å²) < 4.78 is 38.8. The molecule has 6 nitrogen and oxygen atoms in total. The van der Waals surface area contributed by atoms with Gasteiger partial charge in [0, 0.05) is 13.6 Å². The second-order valence-corrected chi connectivity index (χ2v) is 8.11. The second-order valence-electron chi connectivity index (χ2n) is 4.81. The molecule has 0 saturated carbocycles. The molecule has 2 N–H and O–H groups in total. The van der Waals surface area contributed by atoms with E-state index in [2.05, 4.69) is 10.6 Å². The molecule has 0 bridgehead atoms. The van der Waals surface area contributed by atoms with Gasteiger partial charge in [0.05, 0.1) is 0 Å². The number of nitrogens with one attached hydrogen (secondary N) is 2. The van der Waals surface area contributed by atoms with Crippen LogP contribution in [0.5, 0.6) is 0 Å². The SMILES string of the molecule is CNC(=O)C(=O)NC[C@@H](c1ccc(F)cc1)S(=O)(=O)c1cccs1. The van der Waals surface area contributed by atoms with E-state index in [0.29, 0.717) is 5.56 Å². The van der Waals surface area contributed by atoms with Crippen molar-refractivity contribution in [2.45, 2.75) is 9.46 Å². The molecule has 0 fully saturated rings. The molecule has 2 rings (SSSR count). The van der Waals surface area contributed by atoms with Crippen LogP contribution in [0.4, 0.5) is 4.39 Å². The van der Waals surface area contributed by atoms with E-state index < -0.39 is 32.7 Å². The Morgan fingerprint density at radius 2 is 1.83 bits per heavy atom. The highest BCUT2D eigenvalue weighted by Gasteiger charge is 2.31. The average Bonchev–Trinajstić information content (AvgIpc) is 3.10. The number of carbonyl (C=O) groups is 2. The van der Waals surface area contributed by atoms with Gasteiger partial charge in [-0.2, -0.15) is 0 Å². The Morgan fingerprint density at radius 1 is 1.17 bits per heavy atom. The van der Waals surface area contributed by atoms with Crippen LogP contribution in [-0.4, -0.2) is 33.8 Å². The van der Waals surface area contributed by atoms with Crippen LogP contribution in [0.3, 0.4) is 0 Å². The number of carbonyl (C=O) groups excluding carboxylic acids is 2. The molecule has 0 saturated heterocycles. The molecule has 2 aromatic rings. The third kappa shape index (κ3) is 3.98. The zero-order valence-corrected chi connectivity index (χ0v) is 14.3. The highest BCUT2D eigenvalue weighted by Crippen LogP contribution is 2.31. The summed E-state index contributed by atoms with van der Waals surface area (Å²) in [5.41, 5.74) is 0.321. The van der Waals surface area contributed by atoms with E-state index in [1.807, 2.05) is 0 Å². The van der Waals surface area contributed by atoms with E-state index in [1.165, 1.54) is 25.2 Å². The molecule has 0 aliphatic rings. The largest absolute Gasteiger partial charge is 0.351 e. The molecule has 24 heavy (non-hydrogen) atoms. The lowest BCUT2D eigenvalue weighted by Gasteiger charge is -2.18. The first kappa shape index (κ1) is 18.1. The Bertz CT molecular complexity index is 818. The Hall–Kier alpha value is -2.26. The molecular weight excluding hydrogens is 355 g/mol. The Balaban J connectivity index is 2.33. The molecule has 0 radical (unpaired) electrons. The lowest BCUT2D eigenvalue weighted by molar-refractivity contribution is -0.138. The predicted molar refractivity (Wildman–Crippen MR) is 87.7 cm³/mol. The van der Waals surface area contributed by atoms with Crippen LogP contribution < -0.4 is 10.6 Å². The minimum atomic E-state index is -3.80. The number of rotatable bonds is 5. The molecule has 1 aromatic carbocycles. The van der Waals surface area contributed by atoms with Gasteiger partial charge in [-0.15, -0.1) is 11.3 Å². The van der Waals surface area contributed by atoms with Crippen molar-refractivity contribution in [1.29, 1.82) is 0 Å². The van der Waals surface area contributed by atoms with Gasteiger partial charge in [0.2, 0.25) is 0 Å². The minimum absolute atomic E-state index is 0.131. The van der Waals surface area contributed by atoms with E-state index in [0.717, 1.165) is 23.5 Å². The first-order chi connectivity index (χ1) is 11.4. The predicted octanol–water partition coefficient (Wildman–Crippen LogP) is 1.26. The normalized spacial score (nSPS) is 12.4. The molecule has 9 heteroatoms. The van der Waals surface area contributed by atoms with Crippen molar-refractivity contribution < 1.29 is 22.4 Å². The molecule has 0 unspecified atom stereocenters. The summed E-state index contributed by atoms with van der Waals surface area (Å²) in [4.78, 5) is 22.9. The number of thiophene rings is 1. The van der Waals surface area contributed by atoms with Crippen LogP contribution in [0.1, 0.15) is 10.8 Å². The topological polar surface area (TPSA) is 92.3 Å². The summed E-state index contributed by atoms with van der Waals surface area (Å²) in [7, 11) is -2.51. The molecule has 1 heterocycles. The summed E-state index contributed by atoms with van der Waals surface area (Å²) in [6.45, 7) is -0.307. The van der Waals surface area contributed by atoms with Crippen molar-refractivity contribution in [3.05, 3.63) is 53.2 Å². The zero-order valence-electron chi connectivity index (χ0n) is 12.7. The van der Waals surface area contributed by atoms with Gasteiger partial charge in [-0.25, -0.2) is 12.8 Å². The van der Waals surface area contributed by atoms with E-state index in [1.54, 1.807) is 11.4 Å². The molecule has 0 spiro atoms. The van der Waals surface area contributed by atoms with E-state index in [9.17, 15) is 22.4 Å². The number of likely N-dealkylation sites (N-methyl/N-ethyl adjacent to an activating group) is 1. The number of benzene rings is 1. The molecule has 2 amide bonds. The van der Waals surface area contributed by atoms with E-state index in [-0.39, 0.29) is 10.8 Å². The summed E-state index contributed by atoms with van der Waals surface area (Å²) in [5, 5.41) is 4.94. The van der Waals surface area contributed by atoms with Crippen LogP contribution in [-0.2, 0) is 19.4 Å². The third-order valence-corrected chi connectivity index (χ3v) is 6.81. The monoisotopic (exact) mass is 370 g/mol. The summed E-state index contributed by atoms with van der Waals surface area (Å²) in [6, 6.07) is 8.04. The number of halogens is 1. The summed E-state index contributed by atoms with van der Waals surface area (Å²) >= 11 is 1.05. The molecular formula is C15H15FN2O4S2. The van der Waals surface area contributed by atoms with Crippen LogP contribution in [0, 0.1) is 5.82 Å². The van der Waals surface area contributed by atoms with Crippen molar-refractivity contribution in [2.75, 3.05) is 13.6 Å². The lowest BCUT2D eigenvalue weighted by Crippen LogP contribution is -2.40. The average molecular weight is 370 g/mol. The Labute approximate surface area is 142 Å². The maximum atomic E-state index is 13.1. The lowest BCUT2D eigenvalue weighted by atomic mass is 10.1. The highest BCUT2D eigenvalue weighted by atomic mass is 32.2. The van der Waals surface area contributed by atoms with Gasteiger partial charge < -0.3 is 10.6 Å². The quantitative estimate of drug-likeness (QED) is 0.775. The first-order valence-electron chi connectivity index (χ1n) is 6.89. The van der Waals surface area contributed by atoms with Crippen LogP contribution in [0.15, 0.2) is 46.0 Å². The highest BCUT2D eigenvalue weighted by molar-refractivity contribution is 7.93. The molecule has 0 aliphatic heterocycles. The Kier molecular flexibility index (Phi) is 5.68. The summed E-state index contributed by atoms with van der Waals surface area (Å²) in [5.74, 6) is -2.31. The van der Waals surface area contributed by atoms with Crippen molar-refractivity contribution in [1.82, 2.24) is 10.6 Å². The van der Waals surface area contributed by atoms with Crippen LogP contribution in [0.25, 0.3) is 0 Å². The maximum absolute atomic E-state index is 13.1. The van der Waals surface area contributed by atoms with Gasteiger partial charge in [0.25, 0.3) is 0 Å². The van der Waals surface area contributed by atoms with Gasteiger partial charge in [-0.05, 0) is 29.1 Å². The van der Waals surface area contributed by atoms with Gasteiger partial charge in [-0.3, -0.25) is 9.59 Å². The van der Waals surface area contributed by atoms with Gasteiger partial charge in [-0.1, -0.05) is 18.2 Å². The molecule has 128 valence electrons. The van der Waals surface area contributed by atoms with Gasteiger partial charge in [0.15, 0.2) is 9.84 Å². The number of sulfone groups is 1. The van der Waals surface area contributed by atoms with Crippen LogP contribution >= 0.6 is 11.3 Å². The number of amides is 2. The summed E-state index contributed by atoms with van der Waals surface area (Å²) in [6.07, 6.45) is 0. The maximum Gasteiger partial charge on any atom is 0.309 e. The fourth-order valence-electron chi connectivity index (χ4n) is 2.03. The van der Waals surface area contributed by atoms with Crippen molar-refractivity contribution >= 4 is 33.0 Å². The molecule has 0 aliphatic carbocycles. The van der Waals surface area contributed by atoms with Gasteiger partial charge >= 0.3 is 11.8 Å². The standard InChI is InChI=1S/C15H15FN2O4S2/c1-17-14(19)15(20)18-9-12(10-4-6-11(16)7-5-10)24(21,22)13-3-2-8-23-13/h2-8,12H,9H2,1H3,(H,17,19)(H,18,20)/t12-/m0/s1. The number of hydrogen-bond acceptors (Lipinski definition) is 5. The second kappa shape index (κ2) is 7.54. The van der Waals surface area contributed by atoms with Crippen molar-refractivity contribution in [2.24, 2.45) is 0 Å². The zero-order chi connectivity index (χ0) is 17.7. The van der Waals surface area contributed by atoms with Gasteiger partial charge in [0.1, 0.15) is 15.3 Å².